The maximum absolute atomic E-state index is 14.0. The van der Waals surface area contributed by atoms with Crippen LogP contribution in [0.15, 0.2) is 18.5 Å². The summed E-state index contributed by atoms with van der Waals surface area (Å²) in [6.07, 6.45) is 8.65. The van der Waals surface area contributed by atoms with Crippen LogP contribution in [0.4, 0.5) is 10.1 Å². The van der Waals surface area contributed by atoms with Crippen LogP contribution in [0.1, 0.15) is 39.0 Å². The SMILES string of the molecule is CC(C(=O)N1CCCN(c2ccncc2F)CC1)N1CCCCCC1. The highest BCUT2D eigenvalue weighted by Gasteiger charge is 2.28. The van der Waals surface area contributed by atoms with Crippen LogP contribution in [0.3, 0.4) is 0 Å². The molecule has 0 aromatic carbocycles. The summed E-state index contributed by atoms with van der Waals surface area (Å²) in [4.78, 5) is 23.1. The lowest BCUT2D eigenvalue weighted by atomic mass is 10.2. The third-order valence-corrected chi connectivity index (χ3v) is 5.45. The molecule has 0 bridgehead atoms. The Hall–Kier alpha value is -1.69. The maximum Gasteiger partial charge on any atom is 0.239 e. The van der Waals surface area contributed by atoms with Crippen molar-refractivity contribution in [3.05, 3.63) is 24.3 Å². The summed E-state index contributed by atoms with van der Waals surface area (Å²) < 4.78 is 14.0. The molecule has 1 unspecified atom stereocenters. The average Bonchev–Trinajstić information content (AvgIpc) is 3.04. The number of rotatable bonds is 3. The van der Waals surface area contributed by atoms with Crippen LogP contribution in [-0.4, -0.2) is 66.0 Å². The van der Waals surface area contributed by atoms with Gasteiger partial charge in [0.25, 0.3) is 0 Å². The summed E-state index contributed by atoms with van der Waals surface area (Å²) in [6, 6.07) is 1.66. The highest BCUT2D eigenvalue weighted by atomic mass is 19.1. The number of likely N-dealkylation sites (tertiary alicyclic amines) is 1. The van der Waals surface area contributed by atoms with Gasteiger partial charge < -0.3 is 9.80 Å². The standard InChI is InChI=1S/C19H29FN4O/c1-16(22-9-4-2-3-5-10-22)19(25)24-12-6-11-23(13-14-24)18-7-8-21-15-17(18)20/h7-8,15-16H,2-6,9-14H2,1H3. The molecule has 0 saturated carbocycles. The van der Waals surface area contributed by atoms with Crippen LogP contribution in [0.5, 0.6) is 0 Å². The quantitative estimate of drug-likeness (QED) is 0.842. The van der Waals surface area contributed by atoms with Gasteiger partial charge >= 0.3 is 0 Å². The molecular weight excluding hydrogens is 319 g/mol. The first-order chi connectivity index (χ1) is 12.2. The zero-order chi connectivity index (χ0) is 17.6. The van der Waals surface area contributed by atoms with Crippen LogP contribution in [0, 0.1) is 5.82 Å². The van der Waals surface area contributed by atoms with E-state index in [4.69, 9.17) is 0 Å². The second-order valence-corrected chi connectivity index (χ2v) is 7.12. The second kappa shape index (κ2) is 8.61. The van der Waals surface area contributed by atoms with Gasteiger partial charge in [-0.05, 0) is 45.3 Å². The molecule has 138 valence electrons. The minimum absolute atomic E-state index is 0.0534. The van der Waals surface area contributed by atoms with Crippen LogP contribution >= 0.6 is 0 Å². The van der Waals surface area contributed by atoms with Crippen molar-refractivity contribution >= 4 is 11.6 Å². The van der Waals surface area contributed by atoms with E-state index in [1.807, 2.05) is 16.7 Å². The van der Waals surface area contributed by atoms with Gasteiger partial charge in [-0.1, -0.05) is 12.8 Å². The summed E-state index contributed by atoms with van der Waals surface area (Å²) in [6.45, 7) is 6.92. The fraction of sp³-hybridized carbons (Fsp3) is 0.684. The number of nitrogens with zero attached hydrogens (tertiary/aromatic N) is 4. The van der Waals surface area contributed by atoms with Crippen molar-refractivity contribution in [1.82, 2.24) is 14.8 Å². The normalized spacial score (nSPS) is 21.5. The second-order valence-electron chi connectivity index (χ2n) is 7.12. The van der Waals surface area contributed by atoms with Crippen molar-refractivity contribution in [3.8, 4) is 0 Å². The van der Waals surface area contributed by atoms with Gasteiger partial charge in [-0.3, -0.25) is 14.7 Å². The Morgan fingerprint density at radius 1 is 1.04 bits per heavy atom. The molecule has 1 aromatic heterocycles. The summed E-state index contributed by atoms with van der Waals surface area (Å²) in [5.74, 6) is -0.0702. The number of pyridine rings is 1. The lowest BCUT2D eigenvalue weighted by molar-refractivity contribution is -0.136. The fourth-order valence-corrected chi connectivity index (χ4v) is 3.91. The Labute approximate surface area is 149 Å². The topological polar surface area (TPSA) is 39.7 Å². The predicted molar refractivity (Wildman–Crippen MR) is 97.1 cm³/mol. The van der Waals surface area contributed by atoms with E-state index in [0.29, 0.717) is 18.8 Å². The van der Waals surface area contributed by atoms with Gasteiger partial charge in [-0.2, -0.15) is 0 Å². The molecule has 0 radical (unpaired) electrons. The number of carbonyl (C=O) groups excluding carboxylic acids is 1. The first kappa shape index (κ1) is 18.1. The number of anilines is 1. The summed E-state index contributed by atoms with van der Waals surface area (Å²) >= 11 is 0. The van der Waals surface area contributed by atoms with Crippen LogP contribution < -0.4 is 4.90 Å². The highest BCUT2D eigenvalue weighted by molar-refractivity contribution is 5.81. The van der Waals surface area contributed by atoms with Crippen molar-refractivity contribution in [2.45, 2.75) is 45.1 Å². The van der Waals surface area contributed by atoms with Gasteiger partial charge in [-0.25, -0.2) is 4.39 Å². The molecule has 1 aromatic rings. The summed E-state index contributed by atoms with van der Waals surface area (Å²) in [5.41, 5.74) is 0.588. The molecule has 25 heavy (non-hydrogen) atoms. The largest absolute Gasteiger partial charge is 0.367 e. The van der Waals surface area contributed by atoms with E-state index in [1.54, 1.807) is 12.3 Å². The van der Waals surface area contributed by atoms with Gasteiger partial charge in [0.15, 0.2) is 5.82 Å². The highest BCUT2D eigenvalue weighted by Crippen LogP contribution is 2.20. The summed E-state index contributed by atoms with van der Waals surface area (Å²) in [5, 5.41) is 0. The van der Waals surface area contributed by atoms with E-state index >= 15 is 0 Å². The molecule has 0 spiro atoms. The minimum atomic E-state index is -0.291. The number of hydrogen-bond acceptors (Lipinski definition) is 4. The summed E-state index contributed by atoms with van der Waals surface area (Å²) in [7, 11) is 0. The number of amides is 1. The van der Waals surface area contributed by atoms with Gasteiger partial charge in [0.1, 0.15) is 0 Å². The molecule has 3 heterocycles. The Bertz CT molecular complexity index is 574. The number of carbonyl (C=O) groups is 1. The molecule has 6 heteroatoms. The van der Waals surface area contributed by atoms with E-state index in [1.165, 1.54) is 31.9 Å². The molecule has 2 saturated heterocycles. The Kier molecular flexibility index (Phi) is 6.24. The number of halogens is 1. The number of hydrogen-bond donors (Lipinski definition) is 0. The van der Waals surface area contributed by atoms with Crippen molar-refractivity contribution < 1.29 is 9.18 Å². The molecule has 0 N–H and O–H groups in total. The Morgan fingerprint density at radius 3 is 2.52 bits per heavy atom. The van der Waals surface area contributed by atoms with Crippen LogP contribution in [0.2, 0.25) is 0 Å². The minimum Gasteiger partial charge on any atom is -0.367 e. The molecule has 1 amide bonds. The van der Waals surface area contributed by atoms with Crippen molar-refractivity contribution in [2.75, 3.05) is 44.2 Å². The average molecular weight is 348 g/mol. The smallest absolute Gasteiger partial charge is 0.239 e. The van der Waals surface area contributed by atoms with Gasteiger partial charge in [0, 0.05) is 32.4 Å². The Morgan fingerprint density at radius 2 is 1.80 bits per heavy atom. The molecule has 2 aliphatic heterocycles. The lowest BCUT2D eigenvalue weighted by Crippen LogP contribution is -2.48. The molecule has 5 nitrogen and oxygen atoms in total. The molecule has 1 atom stereocenters. The maximum atomic E-state index is 14.0. The van der Waals surface area contributed by atoms with Crippen molar-refractivity contribution in [3.63, 3.8) is 0 Å². The Balaban J connectivity index is 1.60. The van der Waals surface area contributed by atoms with E-state index in [9.17, 15) is 9.18 Å². The molecule has 2 fully saturated rings. The van der Waals surface area contributed by atoms with Crippen LogP contribution in [-0.2, 0) is 4.79 Å². The zero-order valence-corrected chi connectivity index (χ0v) is 15.2. The van der Waals surface area contributed by atoms with Gasteiger partial charge in [0.05, 0.1) is 17.9 Å². The fourth-order valence-electron chi connectivity index (χ4n) is 3.91. The third-order valence-electron chi connectivity index (χ3n) is 5.45. The van der Waals surface area contributed by atoms with Crippen molar-refractivity contribution in [1.29, 1.82) is 0 Å². The number of aromatic nitrogens is 1. The van der Waals surface area contributed by atoms with Crippen LogP contribution in [0.25, 0.3) is 0 Å². The predicted octanol–water partition coefficient (Wildman–Crippen LogP) is 2.52. The van der Waals surface area contributed by atoms with E-state index in [-0.39, 0.29) is 17.8 Å². The molecule has 3 rings (SSSR count). The van der Waals surface area contributed by atoms with Crippen molar-refractivity contribution in [2.24, 2.45) is 0 Å². The third kappa shape index (κ3) is 4.48. The lowest BCUT2D eigenvalue weighted by Gasteiger charge is -2.31. The van der Waals surface area contributed by atoms with E-state index < -0.39 is 0 Å². The first-order valence-corrected chi connectivity index (χ1v) is 9.54. The molecule has 0 aliphatic carbocycles. The molecular formula is C19H29FN4O. The zero-order valence-electron chi connectivity index (χ0n) is 15.2. The monoisotopic (exact) mass is 348 g/mol. The van der Waals surface area contributed by atoms with Gasteiger partial charge in [0.2, 0.25) is 5.91 Å². The van der Waals surface area contributed by atoms with E-state index in [2.05, 4.69) is 9.88 Å². The van der Waals surface area contributed by atoms with E-state index in [0.717, 1.165) is 32.6 Å². The molecule has 2 aliphatic rings. The first-order valence-electron chi connectivity index (χ1n) is 9.54. The van der Waals surface area contributed by atoms with Gasteiger partial charge in [-0.15, -0.1) is 0 Å².